The lowest BCUT2D eigenvalue weighted by Gasteiger charge is -2.12. The molecule has 0 aliphatic carbocycles. The zero-order chi connectivity index (χ0) is 19.1. The highest BCUT2D eigenvalue weighted by Gasteiger charge is 2.33. The molecule has 7 nitrogen and oxygen atoms in total. The van der Waals surface area contributed by atoms with Gasteiger partial charge in [-0.2, -0.15) is 0 Å². The van der Waals surface area contributed by atoms with Gasteiger partial charge in [0.05, 0.1) is 18.1 Å². The van der Waals surface area contributed by atoms with Gasteiger partial charge in [-0.25, -0.2) is 4.79 Å². The Hall–Kier alpha value is -2.48. The van der Waals surface area contributed by atoms with Crippen LogP contribution in [0.15, 0.2) is 23.1 Å². The predicted molar refractivity (Wildman–Crippen MR) is 98.1 cm³/mol. The number of nitrogens with zero attached hydrogens (tertiary/aromatic N) is 1. The number of hydrogen-bond acceptors (Lipinski definition) is 7. The van der Waals surface area contributed by atoms with E-state index >= 15 is 0 Å². The van der Waals surface area contributed by atoms with Crippen molar-refractivity contribution < 1.29 is 28.6 Å². The number of esters is 1. The van der Waals surface area contributed by atoms with E-state index in [4.69, 9.17) is 14.2 Å². The molecule has 0 atom stereocenters. The van der Waals surface area contributed by atoms with Gasteiger partial charge in [0.2, 0.25) is 0 Å². The number of benzene rings is 1. The maximum atomic E-state index is 12.2. The molecule has 1 aliphatic heterocycles. The number of carbonyl (C=O) groups excluding carboxylic acids is 3. The average Bonchev–Trinajstić information content (AvgIpc) is 2.87. The molecule has 0 saturated carbocycles. The van der Waals surface area contributed by atoms with Crippen LogP contribution in [0.3, 0.4) is 0 Å². The van der Waals surface area contributed by atoms with E-state index in [0.29, 0.717) is 35.1 Å². The van der Waals surface area contributed by atoms with Gasteiger partial charge in [-0.15, -0.1) is 0 Å². The fourth-order valence-electron chi connectivity index (χ4n) is 2.27. The number of likely N-dealkylation sites (N-methyl/N-ethyl adjacent to an activating group) is 1. The molecule has 0 unspecified atom stereocenters. The van der Waals surface area contributed by atoms with Gasteiger partial charge < -0.3 is 14.2 Å². The first kappa shape index (κ1) is 19.8. The molecule has 1 heterocycles. The molecule has 1 saturated heterocycles. The Morgan fingerprint density at radius 1 is 1.12 bits per heavy atom. The van der Waals surface area contributed by atoms with Crippen molar-refractivity contribution in [2.24, 2.45) is 0 Å². The smallest absolute Gasteiger partial charge is 0.344 e. The number of ether oxygens (including phenoxy) is 3. The maximum Gasteiger partial charge on any atom is 0.344 e. The molecule has 0 spiro atoms. The van der Waals surface area contributed by atoms with Crippen LogP contribution >= 0.6 is 11.8 Å². The Kier molecular flexibility index (Phi) is 7.08. The van der Waals surface area contributed by atoms with E-state index in [1.54, 1.807) is 38.1 Å². The molecule has 0 N–H and O–H groups in total. The number of imide groups is 1. The molecule has 1 aromatic carbocycles. The fraction of sp³-hybridized carbons (Fsp3) is 0.389. The second-order valence-corrected chi connectivity index (χ2v) is 6.15. The van der Waals surface area contributed by atoms with E-state index in [-0.39, 0.29) is 24.4 Å². The summed E-state index contributed by atoms with van der Waals surface area (Å²) >= 11 is 0.910. The highest BCUT2D eigenvalue weighted by molar-refractivity contribution is 8.18. The monoisotopic (exact) mass is 379 g/mol. The maximum absolute atomic E-state index is 12.2. The van der Waals surface area contributed by atoms with Gasteiger partial charge in [-0.05, 0) is 56.3 Å². The quantitative estimate of drug-likeness (QED) is 0.507. The van der Waals surface area contributed by atoms with Gasteiger partial charge >= 0.3 is 5.97 Å². The molecule has 26 heavy (non-hydrogen) atoms. The van der Waals surface area contributed by atoms with Crippen molar-refractivity contribution >= 4 is 35.0 Å². The van der Waals surface area contributed by atoms with Crippen molar-refractivity contribution in [3.8, 4) is 11.5 Å². The van der Waals surface area contributed by atoms with Crippen molar-refractivity contribution in [1.82, 2.24) is 4.90 Å². The summed E-state index contributed by atoms with van der Waals surface area (Å²) in [6, 6.07) is 5.08. The minimum absolute atomic E-state index is 0.220. The van der Waals surface area contributed by atoms with E-state index in [1.807, 2.05) is 6.92 Å². The Bertz CT molecular complexity index is 730. The van der Waals surface area contributed by atoms with Crippen molar-refractivity contribution in [3.63, 3.8) is 0 Å². The third kappa shape index (κ3) is 4.78. The lowest BCUT2D eigenvalue weighted by molar-refractivity contribution is -0.145. The molecule has 1 aliphatic rings. The van der Waals surface area contributed by atoms with Crippen LogP contribution in [0.2, 0.25) is 0 Å². The number of amides is 2. The van der Waals surface area contributed by atoms with E-state index in [2.05, 4.69) is 0 Å². The third-order valence-corrected chi connectivity index (χ3v) is 4.31. The number of rotatable bonds is 8. The van der Waals surface area contributed by atoms with E-state index in [9.17, 15) is 14.4 Å². The zero-order valence-corrected chi connectivity index (χ0v) is 15.8. The van der Waals surface area contributed by atoms with Gasteiger partial charge in [0, 0.05) is 6.54 Å². The largest absolute Gasteiger partial charge is 0.490 e. The SMILES string of the molecule is CCOC(=O)COc1ccc(C=C2SC(=O)N(CC)C2=O)cc1OCC. The first-order valence-electron chi connectivity index (χ1n) is 8.30. The summed E-state index contributed by atoms with van der Waals surface area (Å²) in [7, 11) is 0. The highest BCUT2D eigenvalue weighted by Crippen LogP contribution is 2.34. The standard InChI is InChI=1S/C18H21NO6S/c1-4-19-17(21)15(26-18(19)22)10-12-7-8-13(14(9-12)23-5-2)25-11-16(20)24-6-3/h7-10H,4-6,11H2,1-3H3. The van der Waals surface area contributed by atoms with Crippen molar-refractivity contribution in [2.45, 2.75) is 20.8 Å². The summed E-state index contributed by atoms with van der Waals surface area (Å²) in [5.74, 6) is 0.0781. The fourth-order valence-corrected chi connectivity index (χ4v) is 3.17. The first-order valence-corrected chi connectivity index (χ1v) is 9.12. The predicted octanol–water partition coefficient (Wildman–Crippen LogP) is 3.08. The zero-order valence-electron chi connectivity index (χ0n) is 14.9. The van der Waals surface area contributed by atoms with Gasteiger partial charge in [0.25, 0.3) is 11.1 Å². The van der Waals surface area contributed by atoms with Crippen molar-refractivity contribution in [3.05, 3.63) is 28.7 Å². The van der Waals surface area contributed by atoms with E-state index < -0.39 is 5.97 Å². The van der Waals surface area contributed by atoms with E-state index in [1.165, 1.54) is 4.90 Å². The topological polar surface area (TPSA) is 82.1 Å². The second-order valence-electron chi connectivity index (χ2n) is 5.16. The lowest BCUT2D eigenvalue weighted by atomic mass is 10.2. The average molecular weight is 379 g/mol. The van der Waals surface area contributed by atoms with Crippen molar-refractivity contribution in [1.29, 1.82) is 0 Å². The van der Waals surface area contributed by atoms with Gasteiger partial charge in [0.15, 0.2) is 18.1 Å². The number of carbonyl (C=O) groups is 3. The third-order valence-electron chi connectivity index (χ3n) is 3.41. The highest BCUT2D eigenvalue weighted by atomic mass is 32.2. The molecule has 0 radical (unpaired) electrons. The summed E-state index contributed by atoms with van der Waals surface area (Å²) in [6.45, 7) is 6.11. The van der Waals surface area contributed by atoms with Gasteiger partial charge in [-0.3, -0.25) is 14.5 Å². The Labute approximate surface area is 156 Å². The Morgan fingerprint density at radius 2 is 1.88 bits per heavy atom. The molecule has 1 aromatic rings. The minimum atomic E-state index is -0.465. The summed E-state index contributed by atoms with van der Waals surface area (Å²) in [5.41, 5.74) is 0.693. The molecule has 0 bridgehead atoms. The molecule has 0 aromatic heterocycles. The molecular formula is C18H21NO6S. The molecule has 2 amide bonds. The van der Waals surface area contributed by atoms with Gasteiger partial charge in [-0.1, -0.05) is 6.07 Å². The Morgan fingerprint density at radius 3 is 2.50 bits per heavy atom. The molecule has 140 valence electrons. The van der Waals surface area contributed by atoms with Crippen LogP contribution in [-0.2, 0) is 14.3 Å². The van der Waals surface area contributed by atoms with Crippen LogP contribution in [0.5, 0.6) is 11.5 Å². The summed E-state index contributed by atoms with van der Waals surface area (Å²) in [5, 5.41) is -0.275. The van der Waals surface area contributed by atoms with Crippen LogP contribution in [0.25, 0.3) is 6.08 Å². The minimum Gasteiger partial charge on any atom is -0.490 e. The van der Waals surface area contributed by atoms with E-state index in [0.717, 1.165) is 11.8 Å². The molecule has 8 heteroatoms. The van der Waals surface area contributed by atoms with Crippen molar-refractivity contribution in [2.75, 3.05) is 26.4 Å². The Balaban J connectivity index is 2.19. The summed E-state index contributed by atoms with van der Waals surface area (Å²) in [6.07, 6.45) is 1.64. The van der Waals surface area contributed by atoms with Crippen LogP contribution < -0.4 is 9.47 Å². The van der Waals surface area contributed by atoms with Crippen LogP contribution in [0.4, 0.5) is 4.79 Å². The first-order chi connectivity index (χ1) is 12.5. The number of thioether (sulfide) groups is 1. The lowest BCUT2D eigenvalue weighted by Crippen LogP contribution is -2.27. The van der Waals surface area contributed by atoms with Crippen LogP contribution in [-0.4, -0.2) is 48.4 Å². The number of hydrogen-bond donors (Lipinski definition) is 0. The van der Waals surface area contributed by atoms with Crippen LogP contribution in [0, 0.1) is 0 Å². The molecule has 1 fully saturated rings. The van der Waals surface area contributed by atoms with Gasteiger partial charge in [0.1, 0.15) is 0 Å². The normalized spacial score (nSPS) is 15.5. The summed E-state index contributed by atoms with van der Waals surface area (Å²) < 4.78 is 15.8. The molecule has 2 rings (SSSR count). The molecular weight excluding hydrogens is 358 g/mol. The summed E-state index contributed by atoms with van der Waals surface area (Å²) in [4.78, 5) is 36.9. The second kappa shape index (κ2) is 9.28. The van der Waals surface area contributed by atoms with Crippen LogP contribution in [0.1, 0.15) is 26.3 Å².